The van der Waals surface area contributed by atoms with Gasteiger partial charge in [0, 0.05) is 18.8 Å². The molecule has 2 aromatic rings. The average molecular weight is 353 g/mol. The Kier molecular flexibility index (Phi) is 4.98. The molecule has 2 aromatic carbocycles. The van der Waals surface area contributed by atoms with E-state index in [2.05, 4.69) is 69.3 Å². The molecule has 0 aliphatic heterocycles. The Balaban J connectivity index is 2.23. The van der Waals surface area contributed by atoms with Crippen molar-refractivity contribution in [1.29, 1.82) is 0 Å². The summed E-state index contributed by atoms with van der Waals surface area (Å²) >= 11 is 0. The highest BCUT2D eigenvalue weighted by atomic mass is 28.2. The van der Waals surface area contributed by atoms with Gasteiger partial charge >= 0.3 is 0 Å². The average Bonchev–Trinajstić information content (AvgIpc) is 2.58. The lowest BCUT2D eigenvalue weighted by Crippen LogP contribution is -2.52. The van der Waals surface area contributed by atoms with Crippen LogP contribution in [0, 0.1) is 17.3 Å². The molecule has 0 N–H and O–H groups in total. The van der Waals surface area contributed by atoms with Crippen molar-refractivity contribution in [3.05, 3.63) is 71.8 Å². The summed E-state index contributed by atoms with van der Waals surface area (Å²) in [6.45, 7) is 6.84. The third-order valence-electron chi connectivity index (χ3n) is 5.55. The summed E-state index contributed by atoms with van der Waals surface area (Å²) in [4.78, 5) is 11.8. The molecule has 25 heavy (non-hydrogen) atoms. The lowest BCUT2D eigenvalue weighted by molar-refractivity contribution is -0.135. The van der Waals surface area contributed by atoms with Crippen LogP contribution in [0.3, 0.4) is 0 Å². The van der Waals surface area contributed by atoms with Crippen molar-refractivity contribution >= 4 is 16.3 Å². The van der Waals surface area contributed by atoms with Gasteiger partial charge in [-0.25, -0.2) is 0 Å². The molecule has 0 aromatic heterocycles. The van der Waals surface area contributed by atoms with Crippen molar-refractivity contribution in [1.82, 2.24) is 0 Å². The molecule has 1 fully saturated rings. The summed E-state index contributed by atoms with van der Waals surface area (Å²) < 4.78 is 6.52. The van der Waals surface area contributed by atoms with E-state index in [0.29, 0.717) is 35.0 Å². The normalized spacial score (nSPS) is 17.3. The summed E-state index contributed by atoms with van der Waals surface area (Å²) in [6.07, 6.45) is 1.35. The van der Waals surface area contributed by atoms with Crippen molar-refractivity contribution in [2.45, 2.75) is 39.2 Å². The number of carbonyl (C=O) groups is 1. The zero-order chi connectivity index (χ0) is 18.1. The molecule has 0 heterocycles. The molecule has 0 amide bonds. The highest BCUT2D eigenvalue weighted by molar-refractivity contribution is 5.98. The highest BCUT2D eigenvalue weighted by Crippen LogP contribution is 2.54. The molecule has 3 heteroatoms. The number of ketones is 1. The third kappa shape index (κ3) is 3.23. The molecule has 2 nitrogen and oxygen atoms in total. The minimum atomic E-state index is -0.502. The number of hydrogen-bond donors (Lipinski definition) is 0. The molecule has 3 rings (SSSR count). The molecule has 0 radical (unpaired) electrons. The second kappa shape index (κ2) is 6.89. The minimum absolute atomic E-state index is 0.0153. The molecule has 1 unspecified atom stereocenters. The monoisotopic (exact) mass is 352 g/mol. The van der Waals surface area contributed by atoms with Gasteiger partial charge in [-0.15, -0.1) is 0 Å². The highest BCUT2D eigenvalue weighted by Gasteiger charge is 2.53. The first-order chi connectivity index (χ1) is 11.9. The second-order valence-corrected chi connectivity index (χ2v) is 8.63. The van der Waals surface area contributed by atoms with Crippen LogP contribution in [0.2, 0.25) is 0 Å². The van der Waals surface area contributed by atoms with Crippen LogP contribution in [-0.2, 0) is 14.8 Å². The van der Waals surface area contributed by atoms with Gasteiger partial charge in [-0.3, -0.25) is 4.79 Å². The minimum Gasteiger partial charge on any atom is -0.414 e. The summed E-state index contributed by atoms with van der Waals surface area (Å²) in [5, 5.41) is 0. The van der Waals surface area contributed by atoms with E-state index in [9.17, 15) is 4.79 Å². The van der Waals surface area contributed by atoms with E-state index in [-0.39, 0.29) is 11.3 Å². The second-order valence-electron chi connectivity index (χ2n) is 8.22. The zero-order valence-corrected chi connectivity index (χ0v) is 17.7. The van der Waals surface area contributed by atoms with Crippen molar-refractivity contribution in [3.8, 4) is 0 Å². The van der Waals surface area contributed by atoms with Crippen LogP contribution >= 0.6 is 0 Å². The first-order valence-corrected chi connectivity index (χ1v) is 9.89. The van der Waals surface area contributed by atoms with Gasteiger partial charge in [-0.1, -0.05) is 81.4 Å². The lowest BCUT2D eigenvalue weighted by atomic mass is 9.56. The van der Waals surface area contributed by atoms with Gasteiger partial charge in [0.15, 0.2) is 0 Å². The van der Waals surface area contributed by atoms with Crippen LogP contribution in [-0.4, -0.2) is 16.3 Å². The molecule has 0 spiro atoms. The number of carbonyl (C=O) groups excluding carboxylic acids is 1. The maximum atomic E-state index is 11.8. The summed E-state index contributed by atoms with van der Waals surface area (Å²) in [6, 6.07) is 21.1. The molecule has 1 saturated carbocycles. The molecule has 0 bridgehead atoms. The maximum Gasteiger partial charge on any atom is 0.147 e. The molecule has 1 aliphatic carbocycles. The van der Waals surface area contributed by atoms with Gasteiger partial charge in [-0.2, -0.15) is 0 Å². The van der Waals surface area contributed by atoms with E-state index < -0.39 is 5.60 Å². The van der Waals surface area contributed by atoms with Crippen LogP contribution in [0.15, 0.2) is 60.7 Å². The quantitative estimate of drug-likeness (QED) is 0.764. The number of Topliss-reactive ketones (excluding diaryl/α,β-unsaturated/α-hetero) is 1. The standard InChI is InChI=1S/C22H28O2Si/c1-21(2,3)20(16-14-19(23)15-16)22(24-25,17-10-6-4-7-11-17)18-12-8-5-9-13-18/h4-13,16,20H,14-15H2,1-3,25H3. The van der Waals surface area contributed by atoms with E-state index in [1.165, 1.54) is 11.1 Å². The number of hydrogen-bond acceptors (Lipinski definition) is 2. The first-order valence-electron chi connectivity index (χ1n) is 9.07. The van der Waals surface area contributed by atoms with Crippen molar-refractivity contribution < 1.29 is 9.22 Å². The van der Waals surface area contributed by atoms with E-state index >= 15 is 0 Å². The number of benzene rings is 2. The van der Waals surface area contributed by atoms with Gasteiger partial charge < -0.3 is 4.43 Å². The van der Waals surface area contributed by atoms with Gasteiger partial charge in [-0.05, 0) is 22.5 Å². The fourth-order valence-electron chi connectivity index (χ4n) is 4.67. The molecule has 0 saturated heterocycles. The van der Waals surface area contributed by atoms with Crippen LogP contribution in [0.25, 0.3) is 0 Å². The van der Waals surface area contributed by atoms with Crippen LogP contribution in [0.4, 0.5) is 0 Å². The summed E-state index contributed by atoms with van der Waals surface area (Å²) in [5.74, 6) is 0.976. The van der Waals surface area contributed by atoms with Crippen LogP contribution < -0.4 is 0 Å². The zero-order valence-electron chi connectivity index (χ0n) is 15.7. The smallest absolute Gasteiger partial charge is 0.147 e. The Bertz CT molecular complexity index is 671. The van der Waals surface area contributed by atoms with E-state index in [1.54, 1.807) is 0 Å². The van der Waals surface area contributed by atoms with Crippen molar-refractivity contribution in [3.63, 3.8) is 0 Å². The fraction of sp³-hybridized carbons (Fsp3) is 0.409. The van der Waals surface area contributed by atoms with Crippen molar-refractivity contribution in [2.75, 3.05) is 0 Å². The van der Waals surface area contributed by atoms with E-state index in [1.807, 2.05) is 12.1 Å². The van der Waals surface area contributed by atoms with Gasteiger partial charge in [0.2, 0.25) is 0 Å². The summed E-state index contributed by atoms with van der Waals surface area (Å²) in [5.41, 5.74) is 1.89. The Hall–Kier alpha value is -1.71. The predicted molar refractivity (Wildman–Crippen MR) is 105 cm³/mol. The maximum absolute atomic E-state index is 11.8. The predicted octanol–water partition coefficient (Wildman–Crippen LogP) is 3.87. The van der Waals surface area contributed by atoms with Crippen LogP contribution in [0.1, 0.15) is 44.7 Å². The molecular formula is C22H28O2Si. The topological polar surface area (TPSA) is 26.3 Å². The number of rotatable bonds is 5. The molecular weight excluding hydrogens is 324 g/mol. The van der Waals surface area contributed by atoms with Gasteiger partial charge in [0.1, 0.15) is 21.9 Å². The van der Waals surface area contributed by atoms with Crippen molar-refractivity contribution in [2.24, 2.45) is 17.3 Å². The van der Waals surface area contributed by atoms with Gasteiger partial charge in [0.25, 0.3) is 0 Å². The Morgan fingerprint density at radius 2 is 1.36 bits per heavy atom. The largest absolute Gasteiger partial charge is 0.414 e. The SMILES string of the molecule is CC(C)(C)C(C1CC(=O)C1)C(O[SiH3])(c1ccccc1)c1ccccc1. The summed E-state index contributed by atoms with van der Waals surface area (Å²) in [7, 11) is 0.630. The van der Waals surface area contributed by atoms with E-state index in [4.69, 9.17) is 4.43 Å². The molecule has 132 valence electrons. The Morgan fingerprint density at radius 3 is 1.68 bits per heavy atom. The first kappa shape index (κ1) is 18.1. The van der Waals surface area contributed by atoms with E-state index in [0.717, 1.165) is 0 Å². The molecule has 1 atom stereocenters. The molecule has 1 aliphatic rings. The fourth-order valence-corrected chi connectivity index (χ4v) is 5.39. The Morgan fingerprint density at radius 1 is 0.920 bits per heavy atom. The van der Waals surface area contributed by atoms with Gasteiger partial charge in [0.05, 0.1) is 0 Å². The van der Waals surface area contributed by atoms with Crippen LogP contribution in [0.5, 0.6) is 0 Å². The third-order valence-corrected chi connectivity index (χ3v) is 6.19. The Labute approximate surface area is 154 Å². The lowest BCUT2D eigenvalue weighted by Gasteiger charge is -2.52.